The Balaban J connectivity index is 1.28. The molecular weight excluding hydrogens is 598 g/mol. The smallest absolute Gasteiger partial charge is 0.246 e. The molecule has 0 spiro atoms. The van der Waals surface area contributed by atoms with Crippen molar-refractivity contribution >= 4 is 100 Å². The zero-order chi connectivity index (χ0) is 30.0. The summed E-state index contributed by atoms with van der Waals surface area (Å²) in [6, 6.07) is 43.4. The van der Waals surface area contributed by atoms with Crippen molar-refractivity contribution in [1.29, 1.82) is 0 Å². The summed E-state index contributed by atoms with van der Waals surface area (Å²) >= 11 is 0. The van der Waals surface area contributed by atoms with Gasteiger partial charge in [0, 0.05) is 19.6 Å². The van der Waals surface area contributed by atoms with Gasteiger partial charge in [-0.15, -0.1) is 0 Å². The van der Waals surface area contributed by atoms with Gasteiger partial charge in [-0.05, 0) is 89.8 Å². The fourth-order valence-corrected chi connectivity index (χ4v) is 12.4. The topological polar surface area (TPSA) is 34.1 Å². The van der Waals surface area contributed by atoms with Gasteiger partial charge in [0.2, 0.25) is 13.4 Å². The molecule has 210 valence electrons. The highest BCUT2D eigenvalue weighted by Crippen LogP contribution is 2.45. The van der Waals surface area contributed by atoms with E-state index in [1.165, 1.54) is 76.4 Å². The Morgan fingerprint density at radius 3 is 1.28 bits per heavy atom. The summed E-state index contributed by atoms with van der Waals surface area (Å²) in [6.07, 6.45) is 0. The van der Waals surface area contributed by atoms with Crippen LogP contribution in [0.25, 0.3) is 54.6 Å². The molecule has 8 aromatic rings. The molecule has 2 atom stereocenters. The summed E-state index contributed by atoms with van der Waals surface area (Å²) in [5.41, 5.74) is 12.1. The quantitative estimate of drug-likeness (QED) is 0.185. The van der Waals surface area contributed by atoms with Crippen LogP contribution in [0.5, 0.6) is 0 Å². The van der Waals surface area contributed by atoms with E-state index in [2.05, 4.69) is 97.1 Å². The lowest BCUT2D eigenvalue weighted by Gasteiger charge is -2.36. The monoisotopic (exact) mass is 618 g/mol. The molecule has 0 aromatic heterocycles. The van der Waals surface area contributed by atoms with E-state index >= 15 is 0 Å². The van der Waals surface area contributed by atoms with Crippen molar-refractivity contribution in [1.82, 2.24) is 0 Å². The number of fused-ring (bicyclic) bond motifs is 8. The number of hydrogen-bond acceptors (Lipinski definition) is 2. The predicted octanol–water partition coefficient (Wildman–Crippen LogP) is 4.54. The largest absolute Gasteiger partial charge is 0.249 e. The van der Waals surface area contributed by atoms with Gasteiger partial charge >= 0.3 is 0 Å². The molecule has 4 aliphatic rings. The second-order valence-corrected chi connectivity index (χ2v) is 15.9. The van der Waals surface area contributed by atoms with Gasteiger partial charge in [-0.1, -0.05) is 119 Å². The van der Waals surface area contributed by atoms with Gasteiger partial charge < -0.3 is 0 Å². The third-order valence-electron chi connectivity index (χ3n) is 11.1. The van der Waals surface area contributed by atoms with Gasteiger partial charge in [0.25, 0.3) is 0 Å². The fraction of sp³-hybridized carbons (Fsp3) is 0. The molecule has 2 unspecified atom stereocenters. The molecule has 0 bridgehead atoms. The molecule has 0 radical (unpaired) electrons. The maximum atomic E-state index is 13.9. The van der Waals surface area contributed by atoms with Gasteiger partial charge in [0.15, 0.2) is 0 Å². The Hall–Kier alpha value is -4.77. The molecule has 0 amide bonds. The van der Waals surface area contributed by atoms with E-state index in [9.17, 15) is 8.42 Å². The van der Waals surface area contributed by atoms with Crippen LogP contribution >= 0.6 is 0 Å². The van der Waals surface area contributed by atoms with Crippen molar-refractivity contribution < 1.29 is 8.42 Å². The first kappa shape index (κ1) is 24.5. The van der Waals surface area contributed by atoms with Crippen LogP contribution in [-0.2, 0) is 21.6 Å². The second kappa shape index (κ2) is 8.14. The minimum absolute atomic E-state index is 0.0251. The second-order valence-electron chi connectivity index (χ2n) is 13.0. The summed E-state index contributed by atoms with van der Waals surface area (Å²) in [5.74, 6) is 0. The summed E-state index contributed by atoms with van der Waals surface area (Å²) in [4.78, 5) is 3.71. The van der Waals surface area contributed by atoms with Gasteiger partial charge in [0.1, 0.15) is 0 Å². The summed E-state index contributed by atoms with van der Waals surface area (Å²) < 4.78 is 27.8. The number of rotatable bonds is 0. The first-order chi connectivity index (χ1) is 22.7. The molecule has 0 saturated heterocycles. The standard InChI is InChI=1S/C40H20B2O2S2/c43-45-31-11-3-1-9-27(31)41-29-19-21-15-18-24-26-8-6-14-34-40(26)42(28-10-2-4-12-32(28)46(34)44)30-20-22-16-17-23(25-7-5-13-33(45)39(25)41)37(29)35(22)36(21)38(24)30/h1-20H. The lowest BCUT2D eigenvalue weighted by atomic mass is 9.32. The lowest BCUT2D eigenvalue weighted by molar-refractivity contribution is 0.683. The van der Waals surface area contributed by atoms with Gasteiger partial charge in [0.05, 0.1) is 21.6 Å². The van der Waals surface area contributed by atoms with Gasteiger partial charge in [-0.3, -0.25) is 0 Å². The fourth-order valence-electron chi connectivity index (χ4n) is 9.45. The first-order valence-corrected chi connectivity index (χ1v) is 18.1. The molecular formula is C40H20B2O2S2. The molecule has 4 aliphatic heterocycles. The van der Waals surface area contributed by atoms with E-state index in [1.54, 1.807) is 0 Å². The van der Waals surface area contributed by atoms with E-state index in [0.717, 1.165) is 30.5 Å². The summed E-state index contributed by atoms with van der Waals surface area (Å²) in [5, 5.41) is 7.74. The average Bonchev–Trinajstić information content (AvgIpc) is 3.11. The Morgan fingerprint density at radius 2 is 0.804 bits per heavy atom. The molecule has 0 aliphatic carbocycles. The third-order valence-corrected chi connectivity index (χ3v) is 14.1. The van der Waals surface area contributed by atoms with Crippen LogP contribution in [0.1, 0.15) is 0 Å². The number of benzene rings is 8. The first-order valence-electron chi connectivity index (χ1n) is 15.8. The summed E-state index contributed by atoms with van der Waals surface area (Å²) in [6.45, 7) is 0.0503. The zero-order valence-electron chi connectivity index (χ0n) is 24.3. The van der Waals surface area contributed by atoms with Crippen LogP contribution in [0.3, 0.4) is 0 Å². The molecule has 4 heterocycles. The van der Waals surface area contributed by atoms with Crippen LogP contribution < -0.4 is 32.8 Å². The highest BCUT2D eigenvalue weighted by molar-refractivity contribution is 7.86. The van der Waals surface area contributed by atoms with E-state index in [0.29, 0.717) is 0 Å². The van der Waals surface area contributed by atoms with Crippen LogP contribution in [0.4, 0.5) is 0 Å². The molecule has 12 rings (SSSR count). The van der Waals surface area contributed by atoms with Crippen molar-refractivity contribution in [3.63, 3.8) is 0 Å². The maximum Gasteiger partial charge on any atom is 0.246 e. The zero-order valence-corrected chi connectivity index (χ0v) is 26.0. The Labute approximate surface area is 270 Å². The SMILES string of the molecule is O=S1c2ccccc2B2c3c(cccc31)-c1ccc3cc4c5c(ccc6cc2c1c3c65)-c1cccc2c1B4c1ccccc1S2=O. The molecule has 6 heteroatoms. The Kier molecular flexibility index (Phi) is 4.33. The van der Waals surface area contributed by atoms with E-state index < -0.39 is 21.6 Å². The van der Waals surface area contributed by atoms with E-state index in [1.807, 2.05) is 24.3 Å². The molecule has 0 saturated carbocycles. The highest BCUT2D eigenvalue weighted by atomic mass is 32.2. The summed E-state index contributed by atoms with van der Waals surface area (Å²) in [7, 11) is -2.43. The van der Waals surface area contributed by atoms with Crippen molar-refractivity contribution in [2.75, 3.05) is 0 Å². The third kappa shape index (κ3) is 2.65. The normalized spacial score (nSPS) is 17.7. The number of hydrogen-bond donors (Lipinski definition) is 0. The Bertz CT molecular complexity index is 2630. The molecule has 2 nitrogen and oxygen atoms in total. The van der Waals surface area contributed by atoms with Crippen LogP contribution in [0, 0.1) is 0 Å². The lowest BCUT2D eigenvalue weighted by Crippen LogP contribution is -2.59. The van der Waals surface area contributed by atoms with Crippen molar-refractivity contribution in [3.8, 4) is 22.3 Å². The predicted molar refractivity (Wildman–Crippen MR) is 193 cm³/mol. The minimum Gasteiger partial charge on any atom is -0.249 e. The Morgan fingerprint density at radius 1 is 0.370 bits per heavy atom. The molecule has 0 fully saturated rings. The molecule has 46 heavy (non-hydrogen) atoms. The minimum atomic E-state index is -1.22. The van der Waals surface area contributed by atoms with E-state index in [4.69, 9.17) is 0 Å². The maximum absolute atomic E-state index is 13.9. The highest BCUT2D eigenvalue weighted by Gasteiger charge is 2.43. The van der Waals surface area contributed by atoms with Gasteiger partial charge in [-0.2, -0.15) is 0 Å². The van der Waals surface area contributed by atoms with Crippen molar-refractivity contribution in [2.24, 2.45) is 0 Å². The molecule has 0 N–H and O–H groups in total. The average molecular weight is 618 g/mol. The van der Waals surface area contributed by atoms with Gasteiger partial charge in [-0.25, -0.2) is 8.42 Å². The molecule has 8 aromatic carbocycles. The van der Waals surface area contributed by atoms with Crippen LogP contribution in [0.2, 0.25) is 0 Å². The van der Waals surface area contributed by atoms with Crippen LogP contribution in [0.15, 0.2) is 141 Å². The van der Waals surface area contributed by atoms with Crippen molar-refractivity contribution in [2.45, 2.75) is 19.6 Å². The van der Waals surface area contributed by atoms with Crippen molar-refractivity contribution in [3.05, 3.63) is 121 Å². The van der Waals surface area contributed by atoms with Crippen LogP contribution in [-0.4, -0.2) is 21.8 Å². The van der Waals surface area contributed by atoms with E-state index in [-0.39, 0.29) is 13.4 Å².